The first kappa shape index (κ1) is 15.3. The van der Waals surface area contributed by atoms with Crippen molar-refractivity contribution in [2.45, 2.75) is 46.6 Å². The number of rotatable bonds is 1. The van der Waals surface area contributed by atoms with Gasteiger partial charge < -0.3 is 4.90 Å². The molecule has 0 aromatic carbocycles. The van der Waals surface area contributed by atoms with Crippen molar-refractivity contribution in [1.82, 2.24) is 4.90 Å². The summed E-state index contributed by atoms with van der Waals surface area (Å²) >= 11 is 0. The van der Waals surface area contributed by atoms with Gasteiger partial charge >= 0.3 is 0 Å². The SMILES string of the molecule is CC1=C2/C=C\[C-](C)/C=C\C1CCCN2C(C)C.[Am]. The molecule has 0 aromatic heterocycles. The van der Waals surface area contributed by atoms with Gasteiger partial charge in [0.05, 0.1) is 0 Å². The normalized spacial score (nSPS) is 27.3. The van der Waals surface area contributed by atoms with Crippen LogP contribution in [0.3, 0.4) is 0 Å². The van der Waals surface area contributed by atoms with E-state index in [1.165, 1.54) is 36.6 Å². The van der Waals surface area contributed by atoms with Crippen LogP contribution in [0.15, 0.2) is 35.6 Å². The van der Waals surface area contributed by atoms with Gasteiger partial charge in [0.1, 0.15) is 0 Å². The Bertz CT molecular complexity index is 365. The molecule has 2 bridgehead atoms. The van der Waals surface area contributed by atoms with Crippen molar-refractivity contribution < 1.29 is 14.3 Å². The van der Waals surface area contributed by atoms with Crippen molar-refractivity contribution >= 4 is 0 Å². The number of hydrogen-bond acceptors (Lipinski definition) is 1. The largest absolute Gasteiger partial charge is 0.379 e. The van der Waals surface area contributed by atoms with Crippen LogP contribution in [0.4, 0.5) is 0 Å². The van der Waals surface area contributed by atoms with Crippen molar-refractivity contribution in [3.8, 4) is 0 Å². The van der Waals surface area contributed by atoms with E-state index in [1.807, 2.05) is 0 Å². The molecule has 0 N–H and O–H groups in total. The topological polar surface area (TPSA) is 3.24 Å². The summed E-state index contributed by atoms with van der Waals surface area (Å²) in [5.74, 6) is 1.99. The molecule has 1 unspecified atom stereocenters. The molecule has 0 saturated heterocycles. The fourth-order valence-electron chi connectivity index (χ4n) is 2.77. The minimum atomic E-state index is 0. The Balaban J connectivity index is 0.00000162. The Morgan fingerprint density at radius 1 is 1.33 bits per heavy atom. The average Bonchev–Trinajstić information content (AvgIpc) is 2.45. The smallest absolute Gasteiger partial charge is 0.0223 e. The Kier molecular flexibility index (Phi) is 5.49. The predicted octanol–water partition coefficient (Wildman–Crippen LogP) is 4.10. The molecule has 2 heteroatoms. The minimum absolute atomic E-state index is 0. The maximum absolute atomic E-state index is 2.55. The summed E-state index contributed by atoms with van der Waals surface area (Å²) in [7, 11) is 0. The molecule has 2 aliphatic rings. The summed E-state index contributed by atoms with van der Waals surface area (Å²) in [5, 5.41) is 0. The van der Waals surface area contributed by atoms with Crippen LogP contribution >= 0.6 is 0 Å². The fraction of sp³-hybridized carbons (Fsp3) is 0.562. The van der Waals surface area contributed by atoms with Gasteiger partial charge in [0.15, 0.2) is 0 Å². The van der Waals surface area contributed by atoms with Gasteiger partial charge in [-0.2, -0.15) is 24.1 Å². The van der Waals surface area contributed by atoms with Crippen LogP contribution in [0, 0.1) is 26.1 Å². The summed E-state index contributed by atoms with van der Waals surface area (Å²) < 4.78 is 0. The summed E-state index contributed by atoms with van der Waals surface area (Å²) in [6, 6.07) is 0.590. The van der Waals surface area contributed by atoms with Crippen molar-refractivity contribution in [3.05, 3.63) is 41.5 Å². The molecule has 0 spiro atoms. The Morgan fingerprint density at radius 3 is 2.72 bits per heavy atom. The van der Waals surface area contributed by atoms with Gasteiger partial charge in [-0.15, -0.1) is 6.08 Å². The third kappa shape index (κ3) is 3.18. The van der Waals surface area contributed by atoms with Gasteiger partial charge in [0.2, 0.25) is 0 Å². The molecular weight excluding hydrogens is 449 g/mol. The van der Waals surface area contributed by atoms with Crippen molar-refractivity contribution in [2.75, 3.05) is 6.54 Å². The number of hydrogen-bond donors (Lipinski definition) is 0. The molecule has 0 fully saturated rings. The second-order valence-corrected chi connectivity index (χ2v) is 5.54. The molecule has 0 saturated carbocycles. The van der Waals surface area contributed by atoms with Gasteiger partial charge in [-0.3, -0.25) is 0 Å². The number of fused-ring (bicyclic) bond motifs is 1. The van der Waals surface area contributed by atoms with E-state index in [1.54, 1.807) is 0 Å². The standard InChI is InChI=1S/C16H24N.Am/c1-12(2)17-11-5-6-15-9-7-13(3)8-10-16(17)14(15)4;/h7-10,12,15H,5-6,11H2,1-4H3;/q-1;/b9-7-,10-8-;. The first-order valence-corrected chi connectivity index (χ1v) is 6.77. The first-order valence-electron chi connectivity index (χ1n) is 6.77. The molecule has 0 amide bonds. The van der Waals surface area contributed by atoms with Crippen molar-refractivity contribution in [2.24, 2.45) is 5.92 Å². The van der Waals surface area contributed by atoms with Gasteiger partial charge in [-0.05, 0) is 38.8 Å². The van der Waals surface area contributed by atoms with Gasteiger partial charge in [0.25, 0.3) is 0 Å². The van der Waals surface area contributed by atoms with E-state index >= 15 is 0 Å². The van der Waals surface area contributed by atoms with Crippen LogP contribution in [0.5, 0.6) is 0 Å². The second kappa shape index (κ2) is 6.45. The van der Waals surface area contributed by atoms with Crippen LogP contribution < -0.4 is 0 Å². The summed E-state index contributed by atoms with van der Waals surface area (Å²) in [5.41, 5.74) is 2.99. The Morgan fingerprint density at radius 2 is 2.06 bits per heavy atom. The summed E-state index contributed by atoms with van der Waals surface area (Å²) in [4.78, 5) is 2.55. The third-order valence-corrected chi connectivity index (χ3v) is 3.90. The van der Waals surface area contributed by atoms with Crippen molar-refractivity contribution in [1.29, 1.82) is 0 Å². The number of allylic oxidation sites excluding steroid dienone is 5. The maximum Gasteiger partial charge on any atom is 0.0223 e. The number of nitrogens with zero attached hydrogens (tertiary/aromatic N) is 1. The molecule has 1 radical (unpaired) electrons. The van der Waals surface area contributed by atoms with Gasteiger partial charge in [0, 0.05) is 26.9 Å². The molecule has 1 atom stereocenters. The van der Waals surface area contributed by atoms with Crippen LogP contribution in [0.1, 0.15) is 40.5 Å². The molecule has 1 aliphatic heterocycles. The van der Waals surface area contributed by atoms with E-state index in [4.69, 9.17) is 0 Å². The second-order valence-electron chi connectivity index (χ2n) is 5.54. The van der Waals surface area contributed by atoms with Gasteiger partial charge in [-0.1, -0.05) is 18.9 Å². The molecule has 18 heavy (non-hydrogen) atoms. The first-order chi connectivity index (χ1) is 8.09. The molecular formula is C16H24AmN-. The van der Waals surface area contributed by atoms with E-state index in [0.717, 1.165) is 0 Å². The molecule has 1 heterocycles. The predicted molar refractivity (Wildman–Crippen MR) is 74.5 cm³/mol. The zero-order valence-electron chi connectivity index (χ0n) is 11.9. The quantitative estimate of drug-likeness (QED) is 0.519. The Hall–Kier alpha value is -0.720. The van der Waals surface area contributed by atoms with Crippen LogP contribution in [-0.4, -0.2) is 17.5 Å². The maximum atomic E-state index is 2.55. The molecule has 0 aromatic rings. The zero-order chi connectivity index (χ0) is 12.4. The van der Waals surface area contributed by atoms with E-state index in [-0.39, 0.29) is 14.3 Å². The molecule has 101 valence electrons. The van der Waals surface area contributed by atoms with E-state index < -0.39 is 0 Å². The van der Waals surface area contributed by atoms with E-state index in [2.05, 4.69) is 56.9 Å². The fourth-order valence-corrected chi connectivity index (χ4v) is 2.77. The average molecular weight is 473 g/mol. The van der Waals surface area contributed by atoms with E-state index in [9.17, 15) is 0 Å². The minimum Gasteiger partial charge on any atom is -0.379 e. The zero-order valence-corrected chi connectivity index (χ0v) is 15.1. The molecule has 1 aliphatic carbocycles. The summed E-state index contributed by atoms with van der Waals surface area (Å²) in [6.45, 7) is 10.3. The Labute approximate surface area is 120 Å². The van der Waals surface area contributed by atoms with Crippen LogP contribution in [-0.2, 0) is 0 Å². The third-order valence-electron chi connectivity index (χ3n) is 3.90. The van der Waals surface area contributed by atoms with Crippen LogP contribution in [0.2, 0.25) is 0 Å². The van der Waals surface area contributed by atoms with Crippen molar-refractivity contribution in [3.63, 3.8) is 0 Å². The summed E-state index contributed by atoms with van der Waals surface area (Å²) in [6.07, 6.45) is 11.8. The molecule has 1 nitrogen and oxygen atoms in total. The monoisotopic (exact) mass is 471 g/mol. The van der Waals surface area contributed by atoms with Gasteiger partial charge in [-0.25, -0.2) is 0 Å². The van der Waals surface area contributed by atoms with E-state index in [0.29, 0.717) is 12.0 Å². The molecule has 2 rings (SSSR count). The van der Waals surface area contributed by atoms with Crippen LogP contribution in [0.25, 0.3) is 0 Å².